The van der Waals surface area contributed by atoms with Gasteiger partial charge in [0.1, 0.15) is 18.1 Å². The molecule has 2 bridgehead atoms. The Morgan fingerprint density at radius 2 is 1.60 bits per heavy atom. The average molecular weight is 652 g/mol. The van der Waals surface area contributed by atoms with E-state index < -0.39 is 0 Å². The maximum absolute atomic E-state index is 14.5. The third-order valence-corrected chi connectivity index (χ3v) is 12.2. The van der Waals surface area contributed by atoms with Crippen molar-refractivity contribution in [1.82, 2.24) is 24.6 Å². The van der Waals surface area contributed by atoms with Gasteiger partial charge in [0.2, 0.25) is 5.91 Å². The van der Waals surface area contributed by atoms with Gasteiger partial charge in [-0.1, -0.05) is 47.0 Å². The number of amides is 1. The third-order valence-electron chi connectivity index (χ3n) is 12.2. The predicted octanol–water partition coefficient (Wildman–Crippen LogP) is 8.07. The highest BCUT2D eigenvalue weighted by Crippen LogP contribution is 2.63. The topological polar surface area (TPSA) is 98.1 Å². The van der Waals surface area contributed by atoms with Crippen LogP contribution in [0.2, 0.25) is 0 Å². The second-order valence-electron chi connectivity index (χ2n) is 17.4. The fourth-order valence-electron chi connectivity index (χ4n) is 9.72. The van der Waals surface area contributed by atoms with E-state index in [1.54, 1.807) is 11.6 Å². The summed E-state index contributed by atoms with van der Waals surface area (Å²) in [5.41, 5.74) is 4.80. The summed E-state index contributed by atoms with van der Waals surface area (Å²) >= 11 is 0. The molecule has 2 saturated carbocycles. The van der Waals surface area contributed by atoms with Gasteiger partial charge in [-0.05, 0) is 110 Å². The first-order chi connectivity index (χ1) is 22.7. The molecule has 4 aliphatic rings. The lowest BCUT2D eigenvalue weighted by molar-refractivity contribution is -0.140. The summed E-state index contributed by atoms with van der Waals surface area (Å²) < 4.78 is 1.78. The number of piperidine rings is 1. The van der Waals surface area contributed by atoms with Crippen molar-refractivity contribution < 1.29 is 14.4 Å². The van der Waals surface area contributed by atoms with Crippen LogP contribution in [0.15, 0.2) is 24.5 Å². The number of aromatic nitrogens is 4. The van der Waals surface area contributed by atoms with Crippen LogP contribution in [0.4, 0.5) is 0 Å². The summed E-state index contributed by atoms with van der Waals surface area (Å²) in [4.78, 5) is 52.4. The van der Waals surface area contributed by atoms with Crippen LogP contribution < -0.4 is 0 Å². The zero-order valence-electron chi connectivity index (χ0n) is 29.9. The van der Waals surface area contributed by atoms with Crippen molar-refractivity contribution in [3.63, 3.8) is 0 Å². The standard InChI is InChI=1S/C40H53N5O3/c1-25(46)36-31-17-29(30-22-41-26(2)42-23-30)16-28-11-8-7-9-12-38(3,4)13-10-14-40-20-32(33(47)15-27-18-39(5,6)19-27)45(34(40)21-40)35(48)24-44(43-36)37(28)31/h16-17,22-23,27,32,34H,7-15,18-21,24H2,1-6H3/t32-,34+,40-/m0/s1. The lowest BCUT2D eigenvalue weighted by Crippen LogP contribution is -2.46. The van der Waals surface area contributed by atoms with E-state index in [0.29, 0.717) is 29.3 Å². The van der Waals surface area contributed by atoms with Gasteiger partial charge < -0.3 is 4.90 Å². The largest absolute Gasteiger partial charge is 0.327 e. The Bertz CT molecular complexity index is 1750. The molecule has 1 saturated heterocycles. The molecule has 256 valence electrons. The number of hydrogen-bond donors (Lipinski definition) is 0. The first-order valence-electron chi connectivity index (χ1n) is 18.4. The van der Waals surface area contributed by atoms with Crippen LogP contribution in [0.25, 0.3) is 22.0 Å². The predicted molar refractivity (Wildman–Crippen MR) is 188 cm³/mol. The number of hydrogen-bond acceptors (Lipinski definition) is 6. The molecule has 1 aromatic carbocycles. The van der Waals surface area contributed by atoms with Crippen LogP contribution in [-0.2, 0) is 22.6 Å². The van der Waals surface area contributed by atoms with E-state index in [4.69, 9.17) is 5.10 Å². The summed E-state index contributed by atoms with van der Waals surface area (Å²) in [6.07, 6.45) is 16.9. The van der Waals surface area contributed by atoms with Crippen molar-refractivity contribution in [2.45, 2.75) is 144 Å². The summed E-state index contributed by atoms with van der Waals surface area (Å²) in [6, 6.07) is 3.96. The normalized spacial score (nSPS) is 27.3. The molecular formula is C40H53N5O3. The van der Waals surface area contributed by atoms with Gasteiger partial charge in [-0.3, -0.25) is 19.1 Å². The number of carbonyl (C=O) groups is 3. The molecule has 8 nitrogen and oxygen atoms in total. The zero-order chi connectivity index (χ0) is 34.0. The van der Waals surface area contributed by atoms with Crippen LogP contribution in [-0.4, -0.2) is 54.2 Å². The highest BCUT2D eigenvalue weighted by molar-refractivity contribution is 6.07. The fraction of sp³-hybridized carbons (Fsp3) is 0.650. The van der Waals surface area contributed by atoms with Crippen molar-refractivity contribution in [3.05, 3.63) is 41.6 Å². The molecule has 48 heavy (non-hydrogen) atoms. The highest BCUT2D eigenvalue weighted by Gasteiger charge is 2.66. The van der Waals surface area contributed by atoms with Gasteiger partial charge in [-0.2, -0.15) is 5.10 Å². The lowest BCUT2D eigenvalue weighted by Gasteiger charge is -2.43. The first kappa shape index (κ1) is 33.1. The summed E-state index contributed by atoms with van der Waals surface area (Å²) in [5, 5.41) is 5.60. The molecule has 2 aliphatic carbocycles. The Morgan fingerprint density at radius 1 is 0.875 bits per heavy atom. The molecule has 3 atom stereocenters. The number of rotatable bonds is 5. The molecular weight excluding hydrogens is 598 g/mol. The third kappa shape index (κ3) is 6.36. The number of Topliss-reactive ketones (excluding diaryl/α,β-unsaturated/α-hetero) is 2. The van der Waals surface area contributed by atoms with Gasteiger partial charge in [-0.15, -0.1) is 0 Å². The van der Waals surface area contributed by atoms with E-state index in [1.807, 2.05) is 30.3 Å². The van der Waals surface area contributed by atoms with E-state index in [9.17, 15) is 14.4 Å². The van der Waals surface area contributed by atoms with Crippen molar-refractivity contribution in [1.29, 1.82) is 0 Å². The summed E-state index contributed by atoms with van der Waals surface area (Å²) in [6.45, 7) is 12.8. The van der Waals surface area contributed by atoms with Crippen molar-refractivity contribution in [2.24, 2.45) is 22.2 Å². The number of aryl methyl sites for hydroxylation is 2. The smallest absolute Gasteiger partial charge is 0.245 e. The SMILES string of the molecule is CC(=O)c1nn2c3c(cc(-c4cnc(C)nc4)cc13)CCCCCC(C)(C)CCC[C@@]13C[C@@H](C(=O)CC4CC(C)(C)C4)N(C(=O)C2)[C@@H]1C3. The van der Waals surface area contributed by atoms with E-state index in [-0.39, 0.29) is 46.9 Å². The molecule has 3 aromatic rings. The monoisotopic (exact) mass is 651 g/mol. The molecule has 7 rings (SSSR count). The quantitative estimate of drug-likeness (QED) is 0.259. The molecule has 3 fully saturated rings. The number of benzene rings is 1. The van der Waals surface area contributed by atoms with Crippen molar-refractivity contribution >= 4 is 28.4 Å². The Kier molecular flexibility index (Phi) is 8.39. The molecule has 2 aromatic heterocycles. The minimum Gasteiger partial charge on any atom is -0.327 e. The van der Waals surface area contributed by atoms with Crippen LogP contribution in [0, 0.1) is 29.1 Å². The van der Waals surface area contributed by atoms with E-state index >= 15 is 0 Å². The number of nitrogens with zero attached hydrogens (tertiary/aromatic N) is 5. The van der Waals surface area contributed by atoms with Gasteiger partial charge in [0.15, 0.2) is 11.6 Å². The van der Waals surface area contributed by atoms with Gasteiger partial charge in [0, 0.05) is 42.7 Å². The second-order valence-corrected chi connectivity index (χ2v) is 17.4. The van der Waals surface area contributed by atoms with Gasteiger partial charge in [0.05, 0.1) is 11.6 Å². The van der Waals surface area contributed by atoms with E-state index in [1.165, 1.54) is 19.3 Å². The number of ketones is 2. The van der Waals surface area contributed by atoms with Crippen LogP contribution >= 0.6 is 0 Å². The van der Waals surface area contributed by atoms with Gasteiger partial charge in [0.25, 0.3) is 0 Å². The van der Waals surface area contributed by atoms with Crippen LogP contribution in [0.5, 0.6) is 0 Å². The van der Waals surface area contributed by atoms with Crippen molar-refractivity contribution in [2.75, 3.05) is 0 Å². The van der Waals surface area contributed by atoms with E-state index in [2.05, 4.69) is 43.7 Å². The van der Waals surface area contributed by atoms with Gasteiger partial charge in [-0.25, -0.2) is 9.97 Å². The Morgan fingerprint density at radius 3 is 2.31 bits per heavy atom. The molecule has 0 spiro atoms. The molecule has 8 heteroatoms. The molecule has 1 amide bonds. The maximum atomic E-state index is 14.5. The molecule has 2 aliphatic heterocycles. The molecule has 4 heterocycles. The molecule has 0 N–H and O–H groups in total. The Balaban J connectivity index is 1.27. The minimum absolute atomic E-state index is 0.0314. The fourth-order valence-corrected chi connectivity index (χ4v) is 9.72. The molecule has 0 unspecified atom stereocenters. The zero-order valence-corrected chi connectivity index (χ0v) is 29.9. The first-order valence-corrected chi connectivity index (χ1v) is 18.4. The minimum atomic E-state index is -0.353. The summed E-state index contributed by atoms with van der Waals surface area (Å²) in [7, 11) is 0. The number of carbonyl (C=O) groups excluding carboxylic acids is 3. The van der Waals surface area contributed by atoms with Gasteiger partial charge >= 0.3 is 0 Å². The molecule has 0 radical (unpaired) electrons. The van der Waals surface area contributed by atoms with E-state index in [0.717, 1.165) is 85.4 Å². The summed E-state index contributed by atoms with van der Waals surface area (Å²) in [5.74, 6) is 1.20. The lowest BCUT2D eigenvalue weighted by atomic mass is 9.63. The van der Waals surface area contributed by atoms with Crippen molar-refractivity contribution in [3.8, 4) is 11.1 Å². The average Bonchev–Trinajstić information content (AvgIpc) is 3.40. The maximum Gasteiger partial charge on any atom is 0.245 e. The Hall–Kier alpha value is -3.42. The second kappa shape index (κ2) is 12.2. The highest BCUT2D eigenvalue weighted by atomic mass is 16.2. The van der Waals surface area contributed by atoms with Crippen LogP contribution in [0.1, 0.15) is 134 Å². The Labute approximate surface area is 285 Å². The van der Waals surface area contributed by atoms with Crippen LogP contribution in [0.3, 0.4) is 0 Å².